The predicted octanol–water partition coefficient (Wildman–Crippen LogP) is 1.11. The van der Waals surface area contributed by atoms with Gasteiger partial charge < -0.3 is 9.72 Å². The fraction of sp³-hybridized carbons (Fsp3) is 0.500. The van der Waals surface area contributed by atoms with Crippen LogP contribution in [0.25, 0.3) is 0 Å². The molecule has 5 nitrogen and oxygen atoms in total. The van der Waals surface area contributed by atoms with Gasteiger partial charge in [-0.25, -0.2) is 9.78 Å². The molecule has 1 aromatic rings. The summed E-state index contributed by atoms with van der Waals surface area (Å²) in [5.74, 6) is -0.805. The third-order valence-electron chi connectivity index (χ3n) is 1.82. The number of carbonyl (C=O) groups is 2. The lowest BCUT2D eigenvalue weighted by Crippen LogP contribution is -2.17. The summed E-state index contributed by atoms with van der Waals surface area (Å²) in [6.07, 6.45) is 3.06. The molecular weight excluding hydrogens is 196 g/mol. The Labute approximate surface area is 87.9 Å². The van der Waals surface area contributed by atoms with Crippen molar-refractivity contribution < 1.29 is 14.3 Å². The average molecular weight is 210 g/mol. The molecule has 5 heteroatoms. The molecule has 1 heterocycles. The van der Waals surface area contributed by atoms with Crippen molar-refractivity contribution in [2.45, 2.75) is 26.7 Å². The number of ketones is 1. The molecule has 0 fully saturated rings. The van der Waals surface area contributed by atoms with Crippen LogP contribution in [0.5, 0.6) is 0 Å². The van der Waals surface area contributed by atoms with Crippen LogP contribution >= 0.6 is 0 Å². The number of rotatable bonds is 5. The number of hydrogen-bond donors (Lipinski definition) is 1. The van der Waals surface area contributed by atoms with Crippen molar-refractivity contribution in [3.8, 4) is 0 Å². The highest BCUT2D eigenvalue weighted by molar-refractivity contribution is 6.40. The van der Waals surface area contributed by atoms with Gasteiger partial charge >= 0.3 is 5.97 Å². The van der Waals surface area contributed by atoms with E-state index in [1.807, 2.05) is 6.92 Å². The van der Waals surface area contributed by atoms with Gasteiger partial charge in [0.2, 0.25) is 0 Å². The Kier molecular flexibility index (Phi) is 4.03. The molecule has 1 N–H and O–H groups in total. The van der Waals surface area contributed by atoms with E-state index in [0.29, 0.717) is 5.82 Å². The van der Waals surface area contributed by atoms with Gasteiger partial charge in [0, 0.05) is 6.42 Å². The van der Waals surface area contributed by atoms with Gasteiger partial charge in [-0.2, -0.15) is 0 Å². The maximum absolute atomic E-state index is 11.4. The number of nitrogens with one attached hydrogen (secondary N) is 1. The number of ether oxygens (including phenoxy) is 1. The highest BCUT2D eigenvalue weighted by Gasteiger charge is 2.19. The van der Waals surface area contributed by atoms with E-state index in [-0.39, 0.29) is 12.3 Å². The van der Waals surface area contributed by atoms with Gasteiger partial charge in [0.25, 0.3) is 5.78 Å². The van der Waals surface area contributed by atoms with Crippen LogP contribution in [0, 0.1) is 0 Å². The summed E-state index contributed by atoms with van der Waals surface area (Å²) in [7, 11) is 0. The monoisotopic (exact) mass is 210 g/mol. The number of imidazole rings is 1. The van der Waals surface area contributed by atoms with Gasteiger partial charge in [0.15, 0.2) is 0 Å². The lowest BCUT2D eigenvalue weighted by atomic mass is 10.3. The zero-order chi connectivity index (χ0) is 11.3. The molecule has 0 unspecified atom stereocenters. The van der Waals surface area contributed by atoms with E-state index in [1.54, 1.807) is 6.92 Å². The molecule has 0 saturated heterocycles. The molecule has 0 atom stereocenters. The second kappa shape index (κ2) is 5.29. The maximum Gasteiger partial charge on any atom is 0.381 e. The first-order chi connectivity index (χ1) is 7.19. The van der Waals surface area contributed by atoms with E-state index in [9.17, 15) is 9.59 Å². The van der Waals surface area contributed by atoms with Crippen molar-refractivity contribution in [3.63, 3.8) is 0 Å². The van der Waals surface area contributed by atoms with E-state index < -0.39 is 11.8 Å². The predicted molar refractivity (Wildman–Crippen MR) is 53.5 cm³/mol. The number of H-pyrrole nitrogens is 1. The first kappa shape index (κ1) is 11.4. The topological polar surface area (TPSA) is 72.1 Å². The second-order valence-corrected chi connectivity index (χ2v) is 3.04. The quantitative estimate of drug-likeness (QED) is 0.449. The second-order valence-electron chi connectivity index (χ2n) is 3.04. The summed E-state index contributed by atoms with van der Waals surface area (Å²) >= 11 is 0. The minimum absolute atomic E-state index is 0.192. The molecule has 0 amide bonds. The molecule has 0 bridgehead atoms. The summed E-state index contributed by atoms with van der Waals surface area (Å²) in [5.41, 5.74) is 0.192. The SMILES string of the molecule is CCCc1ncc(C(=O)C(=O)OCC)[nH]1. The molecule has 0 radical (unpaired) electrons. The van der Waals surface area contributed by atoms with Gasteiger partial charge in [-0.05, 0) is 13.3 Å². The van der Waals surface area contributed by atoms with Crippen LogP contribution in [-0.4, -0.2) is 28.3 Å². The molecule has 0 aliphatic heterocycles. The number of aromatic amines is 1. The molecule has 1 rings (SSSR count). The zero-order valence-corrected chi connectivity index (χ0v) is 8.87. The molecule has 82 valence electrons. The summed E-state index contributed by atoms with van der Waals surface area (Å²) in [6.45, 7) is 3.86. The van der Waals surface area contributed by atoms with Crippen LogP contribution in [0.15, 0.2) is 6.20 Å². The number of Topliss-reactive ketones (excluding diaryl/α,β-unsaturated/α-hetero) is 1. The van der Waals surface area contributed by atoms with Crippen molar-refractivity contribution in [3.05, 3.63) is 17.7 Å². The van der Waals surface area contributed by atoms with Crippen LogP contribution in [0.2, 0.25) is 0 Å². The van der Waals surface area contributed by atoms with E-state index in [2.05, 4.69) is 14.7 Å². The first-order valence-corrected chi connectivity index (χ1v) is 4.94. The standard InChI is InChI=1S/C10H14N2O3/c1-3-5-8-11-6-7(12-8)9(13)10(14)15-4-2/h6H,3-5H2,1-2H3,(H,11,12). The molecule has 0 aromatic carbocycles. The Morgan fingerprint density at radius 3 is 2.80 bits per heavy atom. The van der Waals surface area contributed by atoms with E-state index in [1.165, 1.54) is 6.20 Å². The number of nitrogens with zero attached hydrogens (tertiary/aromatic N) is 1. The zero-order valence-electron chi connectivity index (χ0n) is 8.87. The van der Waals surface area contributed by atoms with Crippen molar-refractivity contribution >= 4 is 11.8 Å². The highest BCUT2D eigenvalue weighted by Crippen LogP contribution is 2.02. The number of aromatic nitrogens is 2. The van der Waals surface area contributed by atoms with Crippen LogP contribution in [0.3, 0.4) is 0 Å². The summed E-state index contributed by atoms with van der Waals surface area (Å²) in [6, 6.07) is 0. The molecule has 0 aliphatic rings. The Morgan fingerprint density at radius 2 is 2.20 bits per heavy atom. The number of aryl methyl sites for hydroxylation is 1. The van der Waals surface area contributed by atoms with Gasteiger partial charge in [-0.15, -0.1) is 0 Å². The van der Waals surface area contributed by atoms with Gasteiger partial charge in [0.05, 0.1) is 12.8 Å². The fourth-order valence-electron chi connectivity index (χ4n) is 1.15. The van der Waals surface area contributed by atoms with E-state index in [4.69, 9.17) is 0 Å². The van der Waals surface area contributed by atoms with Crippen LogP contribution in [0.4, 0.5) is 0 Å². The van der Waals surface area contributed by atoms with Crippen molar-refractivity contribution in [2.24, 2.45) is 0 Å². The van der Waals surface area contributed by atoms with Crippen molar-refractivity contribution in [1.82, 2.24) is 9.97 Å². The molecule has 0 spiro atoms. The molecule has 15 heavy (non-hydrogen) atoms. The van der Waals surface area contributed by atoms with E-state index >= 15 is 0 Å². The minimum Gasteiger partial charge on any atom is -0.460 e. The maximum atomic E-state index is 11.4. The Bertz CT molecular complexity index is 357. The number of hydrogen-bond acceptors (Lipinski definition) is 4. The molecule has 0 saturated carbocycles. The lowest BCUT2D eigenvalue weighted by Gasteiger charge is -1.97. The minimum atomic E-state index is -0.843. The third-order valence-corrected chi connectivity index (χ3v) is 1.82. The molecule has 0 aliphatic carbocycles. The van der Waals surface area contributed by atoms with E-state index in [0.717, 1.165) is 12.8 Å². The van der Waals surface area contributed by atoms with Crippen LogP contribution in [-0.2, 0) is 16.0 Å². The molecule has 1 aromatic heterocycles. The third kappa shape index (κ3) is 2.90. The van der Waals surface area contributed by atoms with Gasteiger partial charge in [-0.1, -0.05) is 6.92 Å². The summed E-state index contributed by atoms with van der Waals surface area (Å²) in [4.78, 5) is 29.3. The average Bonchev–Trinajstić information content (AvgIpc) is 2.66. The van der Waals surface area contributed by atoms with Crippen molar-refractivity contribution in [2.75, 3.05) is 6.61 Å². The highest BCUT2D eigenvalue weighted by atomic mass is 16.5. The lowest BCUT2D eigenvalue weighted by molar-refractivity contribution is -0.137. The summed E-state index contributed by atoms with van der Waals surface area (Å²) in [5, 5.41) is 0. The normalized spacial score (nSPS) is 10.0. The Balaban J connectivity index is 2.69. The largest absolute Gasteiger partial charge is 0.460 e. The fourth-order valence-corrected chi connectivity index (χ4v) is 1.15. The number of esters is 1. The summed E-state index contributed by atoms with van der Waals surface area (Å²) < 4.78 is 4.59. The smallest absolute Gasteiger partial charge is 0.381 e. The van der Waals surface area contributed by atoms with Crippen LogP contribution < -0.4 is 0 Å². The van der Waals surface area contributed by atoms with Gasteiger partial charge in [0.1, 0.15) is 11.5 Å². The van der Waals surface area contributed by atoms with Crippen LogP contribution in [0.1, 0.15) is 36.6 Å². The molecular formula is C10H14N2O3. The van der Waals surface area contributed by atoms with Gasteiger partial charge in [-0.3, -0.25) is 4.79 Å². The number of carbonyl (C=O) groups excluding carboxylic acids is 2. The Morgan fingerprint density at radius 1 is 1.47 bits per heavy atom. The van der Waals surface area contributed by atoms with Crippen molar-refractivity contribution in [1.29, 1.82) is 0 Å². The first-order valence-electron chi connectivity index (χ1n) is 4.94. The Hall–Kier alpha value is -1.65.